The molecule has 1 aliphatic rings. The maximum atomic E-state index is 5.27. The summed E-state index contributed by atoms with van der Waals surface area (Å²) in [7, 11) is 0. The number of halogens is 1. The molecule has 0 aliphatic carbocycles. The van der Waals surface area contributed by atoms with Crippen molar-refractivity contribution in [2.75, 3.05) is 19.6 Å². The molecule has 5 heteroatoms. The second-order valence-corrected chi connectivity index (χ2v) is 5.25. The first-order valence-electron chi connectivity index (χ1n) is 7.09. The summed E-state index contributed by atoms with van der Waals surface area (Å²) in [6.07, 6.45) is 3.71. The van der Waals surface area contributed by atoms with Gasteiger partial charge in [-0.2, -0.15) is 0 Å². The number of hydrogen-bond acceptors (Lipinski definition) is 4. The second-order valence-electron chi connectivity index (χ2n) is 5.25. The predicted molar refractivity (Wildman–Crippen MR) is 79.8 cm³/mol. The number of nitrogens with zero attached hydrogens (tertiary/aromatic N) is 2. The third-order valence-corrected chi connectivity index (χ3v) is 3.88. The van der Waals surface area contributed by atoms with Crippen molar-refractivity contribution in [1.29, 1.82) is 0 Å². The molecular formula is C14H26ClN3O. The van der Waals surface area contributed by atoms with E-state index < -0.39 is 0 Å². The zero-order chi connectivity index (χ0) is 13.0. The Labute approximate surface area is 122 Å². The van der Waals surface area contributed by atoms with Gasteiger partial charge in [-0.1, -0.05) is 12.1 Å². The first-order valence-corrected chi connectivity index (χ1v) is 7.09. The molecule has 0 aromatic carbocycles. The van der Waals surface area contributed by atoms with Crippen molar-refractivity contribution in [1.82, 2.24) is 15.4 Å². The monoisotopic (exact) mass is 287 g/mol. The Bertz CT molecular complexity index is 355. The Morgan fingerprint density at radius 1 is 1.32 bits per heavy atom. The highest BCUT2D eigenvalue weighted by molar-refractivity contribution is 5.85. The summed E-state index contributed by atoms with van der Waals surface area (Å²) in [4.78, 5) is 2.60. The van der Waals surface area contributed by atoms with E-state index in [-0.39, 0.29) is 12.4 Å². The van der Waals surface area contributed by atoms with Crippen LogP contribution in [0.3, 0.4) is 0 Å². The Kier molecular flexibility index (Phi) is 6.83. The molecule has 4 nitrogen and oxygen atoms in total. The van der Waals surface area contributed by atoms with Gasteiger partial charge in [0.25, 0.3) is 0 Å². The lowest BCUT2D eigenvalue weighted by Gasteiger charge is -2.34. The van der Waals surface area contributed by atoms with Crippen molar-refractivity contribution in [3.63, 3.8) is 0 Å². The summed E-state index contributed by atoms with van der Waals surface area (Å²) < 4.78 is 5.27. The standard InChI is InChI=1S/C14H25N3O.ClH/c1-4-9-17(13-5-7-15-8-6-13)10-14-11(2)16-18-12(14)3;/h13,15H,4-10H2,1-3H3;1H. The van der Waals surface area contributed by atoms with E-state index in [0.717, 1.165) is 37.6 Å². The van der Waals surface area contributed by atoms with Gasteiger partial charge in [0, 0.05) is 18.2 Å². The second kappa shape index (κ2) is 7.88. The lowest BCUT2D eigenvalue weighted by Crippen LogP contribution is -2.43. The van der Waals surface area contributed by atoms with E-state index in [1.165, 1.54) is 24.8 Å². The molecular weight excluding hydrogens is 262 g/mol. The van der Waals surface area contributed by atoms with Crippen LogP contribution >= 0.6 is 12.4 Å². The molecule has 0 amide bonds. The quantitative estimate of drug-likeness (QED) is 0.904. The molecule has 1 aromatic rings. The van der Waals surface area contributed by atoms with Gasteiger partial charge >= 0.3 is 0 Å². The van der Waals surface area contributed by atoms with Crippen LogP contribution in [0.5, 0.6) is 0 Å². The minimum Gasteiger partial charge on any atom is -0.361 e. The van der Waals surface area contributed by atoms with Crippen molar-refractivity contribution in [2.45, 2.75) is 52.6 Å². The Hall–Kier alpha value is -0.580. The van der Waals surface area contributed by atoms with Crippen molar-refractivity contribution in [3.8, 4) is 0 Å². The van der Waals surface area contributed by atoms with E-state index in [9.17, 15) is 0 Å². The molecule has 2 rings (SSSR count). The van der Waals surface area contributed by atoms with Crippen LogP contribution in [0.1, 0.15) is 43.2 Å². The lowest BCUT2D eigenvalue weighted by molar-refractivity contribution is 0.153. The van der Waals surface area contributed by atoms with Crippen LogP contribution in [-0.2, 0) is 6.54 Å². The van der Waals surface area contributed by atoms with E-state index in [1.54, 1.807) is 0 Å². The zero-order valence-corrected chi connectivity index (χ0v) is 13.1. The molecule has 0 spiro atoms. The molecule has 0 saturated carbocycles. The smallest absolute Gasteiger partial charge is 0.138 e. The molecule has 0 bridgehead atoms. The van der Waals surface area contributed by atoms with E-state index in [4.69, 9.17) is 4.52 Å². The summed E-state index contributed by atoms with van der Waals surface area (Å²) in [5.41, 5.74) is 2.32. The third-order valence-electron chi connectivity index (χ3n) is 3.88. The maximum Gasteiger partial charge on any atom is 0.138 e. The van der Waals surface area contributed by atoms with Crippen molar-refractivity contribution in [3.05, 3.63) is 17.0 Å². The van der Waals surface area contributed by atoms with E-state index in [0.29, 0.717) is 6.04 Å². The van der Waals surface area contributed by atoms with Gasteiger partial charge in [-0.15, -0.1) is 12.4 Å². The topological polar surface area (TPSA) is 41.3 Å². The first-order chi connectivity index (χ1) is 8.72. The largest absolute Gasteiger partial charge is 0.361 e. The minimum absolute atomic E-state index is 0. The summed E-state index contributed by atoms with van der Waals surface area (Å²) in [6, 6.07) is 0.708. The van der Waals surface area contributed by atoms with Gasteiger partial charge in [-0.05, 0) is 52.7 Å². The van der Waals surface area contributed by atoms with Crippen LogP contribution in [0.4, 0.5) is 0 Å². The van der Waals surface area contributed by atoms with Crippen LogP contribution < -0.4 is 5.32 Å². The molecule has 0 atom stereocenters. The number of piperidine rings is 1. The molecule has 1 aromatic heterocycles. The van der Waals surface area contributed by atoms with Crippen molar-refractivity contribution >= 4 is 12.4 Å². The lowest BCUT2D eigenvalue weighted by atomic mass is 10.0. The summed E-state index contributed by atoms with van der Waals surface area (Å²) in [5.74, 6) is 0.975. The molecule has 0 radical (unpaired) electrons. The van der Waals surface area contributed by atoms with Gasteiger partial charge in [-0.3, -0.25) is 4.90 Å². The van der Waals surface area contributed by atoms with Gasteiger partial charge < -0.3 is 9.84 Å². The number of aromatic nitrogens is 1. The predicted octanol–water partition coefficient (Wildman–Crippen LogP) is 2.68. The van der Waals surface area contributed by atoms with E-state index in [1.807, 2.05) is 13.8 Å². The van der Waals surface area contributed by atoms with Gasteiger partial charge in [0.1, 0.15) is 5.76 Å². The van der Waals surface area contributed by atoms with Crippen LogP contribution in [0, 0.1) is 13.8 Å². The molecule has 1 saturated heterocycles. The zero-order valence-electron chi connectivity index (χ0n) is 12.2. The van der Waals surface area contributed by atoms with Gasteiger partial charge in [-0.25, -0.2) is 0 Å². The average Bonchev–Trinajstić information content (AvgIpc) is 2.71. The van der Waals surface area contributed by atoms with Crippen LogP contribution in [-0.4, -0.2) is 35.7 Å². The first kappa shape index (κ1) is 16.5. The van der Waals surface area contributed by atoms with E-state index in [2.05, 4.69) is 22.3 Å². The SMILES string of the molecule is CCCN(Cc1c(C)noc1C)C1CCNCC1.Cl. The number of rotatable bonds is 5. The van der Waals surface area contributed by atoms with Gasteiger partial charge in [0.15, 0.2) is 0 Å². The molecule has 19 heavy (non-hydrogen) atoms. The molecule has 2 heterocycles. The third kappa shape index (κ3) is 4.20. The van der Waals surface area contributed by atoms with Crippen LogP contribution in [0.25, 0.3) is 0 Å². The fraction of sp³-hybridized carbons (Fsp3) is 0.786. The number of hydrogen-bond donors (Lipinski definition) is 1. The molecule has 0 unspecified atom stereocenters. The summed E-state index contributed by atoms with van der Waals surface area (Å²) in [6.45, 7) is 10.7. The molecule has 1 aliphatic heterocycles. The Balaban J connectivity index is 0.00000180. The summed E-state index contributed by atoms with van der Waals surface area (Å²) in [5, 5.41) is 7.50. The highest BCUT2D eigenvalue weighted by Gasteiger charge is 2.22. The minimum atomic E-state index is 0. The number of nitrogens with one attached hydrogen (secondary N) is 1. The maximum absolute atomic E-state index is 5.27. The normalized spacial score (nSPS) is 16.6. The highest BCUT2D eigenvalue weighted by Crippen LogP contribution is 2.20. The summed E-state index contributed by atoms with van der Waals surface area (Å²) >= 11 is 0. The fourth-order valence-electron chi connectivity index (χ4n) is 2.78. The van der Waals surface area contributed by atoms with Crippen LogP contribution in [0.2, 0.25) is 0 Å². The van der Waals surface area contributed by atoms with Crippen molar-refractivity contribution < 1.29 is 4.52 Å². The Morgan fingerprint density at radius 3 is 2.53 bits per heavy atom. The molecule has 1 fully saturated rings. The fourth-order valence-corrected chi connectivity index (χ4v) is 2.78. The van der Waals surface area contributed by atoms with Gasteiger partial charge in [0.05, 0.1) is 5.69 Å². The van der Waals surface area contributed by atoms with E-state index >= 15 is 0 Å². The Morgan fingerprint density at radius 2 is 2.00 bits per heavy atom. The van der Waals surface area contributed by atoms with Crippen molar-refractivity contribution in [2.24, 2.45) is 0 Å². The van der Waals surface area contributed by atoms with Crippen LogP contribution in [0.15, 0.2) is 4.52 Å². The number of aryl methyl sites for hydroxylation is 2. The average molecular weight is 288 g/mol. The molecule has 110 valence electrons. The highest BCUT2D eigenvalue weighted by atomic mass is 35.5. The van der Waals surface area contributed by atoms with Gasteiger partial charge in [0.2, 0.25) is 0 Å². The molecule has 1 N–H and O–H groups in total.